The molecule has 76 heavy (non-hydrogen) atoms. The second-order valence-electron chi connectivity index (χ2n) is 20.8. The van der Waals surface area contributed by atoms with Gasteiger partial charge in [0.05, 0.1) is 19.8 Å². The zero-order valence-electron chi connectivity index (χ0n) is 49.0. The lowest BCUT2D eigenvalue weighted by Crippen LogP contribution is -2.30. The Morgan fingerprint density at radius 3 is 1.07 bits per heavy atom. The standard InChI is InChI=1S/C64H115O11P/c1-4-7-10-13-16-19-22-25-28-29-30-31-34-37-40-43-46-49-52-55-64(68)75-61(57-71-62(66)53-50-47-44-41-38-35-32-26-23-20-17-14-11-8-5-2)59-73-76(69,70)72-58-60(56-65)74-63(67)54-51-48-45-42-39-36-33-27-24-21-18-15-12-9-6-3/h8,11,17,20,25-28,32-33,60-61,65H,4-7,9-10,12-16,18-19,21-24,29-31,34-59H2,1-3H3,(H,69,70)/b11-8-,20-17-,28-25-,32-26-,33-27-. The number of aliphatic hydroxyl groups is 1. The summed E-state index contributed by atoms with van der Waals surface area (Å²) >= 11 is 0. The van der Waals surface area contributed by atoms with E-state index in [4.69, 9.17) is 23.3 Å². The van der Waals surface area contributed by atoms with Gasteiger partial charge in [-0.05, 0) is 103 Å². The summed E-state index contributed by atoms with van der Waals surface area (Å²) < 4.78 is 39.6. The molecule has 0 aromatic heterocycles. The number of ether oxygens (including phenoxy) is 3. The van der Waals surface area contributed by atoms with Crippen molar-refractivity contribution in [1.82, 2.24) is 0 Å². The van der Waals surface area contributed by atoms with E-state index in [0.717, 1.165) is 109 Å². The van der Waals surface area contributed by atoms with E-state index >= 15 is 0 Å². The topological polar surface area (TPSA) is 155 Å². The lowest BCUT2D eigenvalue weighted by Gasteiger charge is -2.21. The molecule has 0 aliphatic rings. The van der Waals surface area contributed by atoms with Crippen molar-refractivity contribution in [2.24, 2.45) is 0 Å². The molecule has 0 aliphatic carbocycles. The SMILES string of the molecule is CC/C=C\C/C=C\C/C=C\CCCCCCCC(=O)OCC(COP(=O)(O)OCC(CO)OC(=O)CCCCCCC/C=C\CCCCCCCC)OC(=O)CCCCCCCCCCC/C=C\CCCCCCCC. The van der Waals surface area contributed by atoms with E-state index in [1.807, 2.05) is 0 Å². The van der Waals surface area contributed by atoms with E-state index in [1.54, 1.807) is 0 Å². The minimum Gasteiger partial charge on any atom is -0.462 e. The fourth-order valence-electron chi connectivity index (χ4n) is 8.66. The molecule has 0 bridgehead atoms. The highest BCUT2D eigenvalue weighted by Gasteiger charge is 2.28. The molecule has 0 saturated heterocycles. The Bertz CT molecular complexity index is 1510. The van der Waals surface area contributed by atoms with Crippen molar-refractivity contribution >= 4 is 25.7 Å². The molecule has 442 valence electrons. The highest BCUT2D eigenvalue weighted by Crippen LogP contribution is 2.43. The molecule has 0 aromatic rings. The Morgan fingerprint density at radius 2 is 0.684 bits per heavy atom. The number of hydrogen-bond donors (Lipinski definition) is 2. The molecule has 0 spiro atoms. The zero-order chi connectivity index (χ0) is 55.5. The average molecular weight is 1090 g/mol. The summed E-state index contributed by atoms with van der Waals surface area (Å²) in [5.74, 6) is -1.48. The lowest BCUT2D eigenvalue weighted by atomic mass is 10.1. The molecule has 12 heteroatoms. The third-order valence-electron chi connectivity index (χ3n) is 13.4. The molecule has 0 amide bonds. The minimum absolute atomic E-state index is 0.161. The van der Waals surface area contributed by atoms with Crippen LogP contribution in [-0.2, 0) is 42.2 Å². The molecule has 0 heterocycles. The molecule has 0 radical (unpaired) electrons. The number of rotatable bonds is 58. The first kappa shape index (κ1) is 73.2. The molecule has 0 rings (SSSR count). The first-order valence-electron chi connectivity index (χ1n) is 31.2. The molecule has 2 N–H and O–H groups in total. The predicted molar refractivity (Wildman–Crippen MR) is 316 cm³/mol. The number of allylic oxidation sites excluding steroid dienone is 10. The zero-order valence-corrected chi connectivity index (χ0v) is 49.9. The number of hydrogen-bond acceptors (Lipinski definition) is 10. The van der Waals surface area contributed by atoms with Gasteiger partial charge in [-0.25, -0.2) is 4.57 Å². The van der Waals surface area contributed by atoms with Crippen LogP contribution in [0.15, 0.2) is 60.8 Å². The predicted octanol–water partition coefficient (Wildman–Crippen LogP) is 18.7. The van der Waals surface area contributed by atoms with Gasteiger partial charge in [0.15, 0.2) is 6.10 Å². The van der Waals surface area contributed by atoms with Crippen LogP contribution in [0.5, 0.6) is 0 Å². The summed E-state index contributed by atoms with van der Waals surface area (Å²) in [6, 6.07) is 0. The number of carbonyl (C=O) groups is 3. The van der Waals surface area contributed by atoms with Gasteiger partial charge in [0.2, 0.25) is 0 Å². The van der Waals surface area contributed by atoms with Gasteiger partial charge in [0.25, 0.3) is 0 Å². The molecule has 3 unspecified atom stereocenters. The van der Waals surface area contributed by atoms with Crippen LogP contribution in [0.2, 0.25) is 0 Å². The van der Waals surface area contributed by atoms with Crippen LogP contribution in [0.1, 0.15) is 290 Å². The van der Waals surface area contributed by atoms with Crippen LogP contribution >= 0.6 is 7.82 Å². The molecule has 0 saturated carbocycles. The Morgan fingerprint density at radius 1 is 0.382 bits per heavy atom. The first-order chi connectivity index (χ1) is 37.2. The quantitative estimate of drug-likeness (QED) is 0.0197. The second kappa shape index (κ2) is 58.3. The Labute approximate surface area is 465 Å². The van der Waals surface area contributed by atoms with Crippen LogP contribution < -0.4 is 0 Å². The Hall–Kier alpha value is -2.82. The van der Waals surface area contributed by atoms with Gasteiger partial charge in [0, 0.05) is 19.3 Å². The number of phosphoric ester groups is 1. The fourth-order valence-corrected chi connectivity index (χ4v) is 9.44. The van der Waals surface area contributed by atoms with Crippen LogP contribution in [0.25, 0.3) is 0 Å². The van der Waals surface area contributed by atoms with Gasteiger partial charge < -0.3 is 24.2 Å². The van der Waals surface area contributed by atoms with Crippen molar-refractivity contribution in [2.45, 2.75) is 303 Å². The second-order valence-corrected chi connectivity index (χ2v) is 22.3. The highest BCUT2D eigenvalue weighted by atomic mass is 31.2. The van der Waals surface area contributed by atoms with Crippen LogP contribution in [0, 0.1) is 0 Å². The fraction of sp³-hybridized carbons (Fsp3) is 0.797. The summed E-state index contributed by atoms with van der Waals surface area (Å²) in [5.41, 5.74) is 0. The van der Waals surface area contributed by atoms with E-state index in [2.05, 4.69) is 81.5 Å². The summed E-state index contributed by atoms with van der Waals surface area (Å²) in [6.45, 7) is 4.53. The van der Waals surface area contributed by atoms with E-state index in [-0.39, 0.29) is 25.9 Å². The van der Waals surface area contributed by atoms with Crippen molar-refractivity contribution < 1.29 is 52.2 Å². The number of esters is 3. The Balaban J connectivity index is 4.71. The van der Waals surface area contributed by atoms with Crippen molar-refractivity contribution in [3.63, 3.8) is 0 Å². The van der Waals surface area contributed by atoms with Gasteiger partial charge in [-0.2, -0.15) is 0 Å². The van der Waals surface area contributed by atoms with E-state index < -0.39 is 57.8 Å². The molecule has 0 aromatic carbocycles. The maximum Gasteiger partial charge on any atom is 0.472 e. The summed E-state index contributed by atoms with van der Waals surface area (Å²) in [4.78, 5) is 48.7. The molecule has 0 aliphatic heterocycles. The largest absolute Gasteiger partial charge is 0.472 e. The third kappa shape index (κ3) is 55.9. The van der Waals surface area contributed by atoms with Gasteiger partial charge >= 0.3 is 25.7 Å². The van der Waals surface area contributed by atoms with Gasteiger partial charge in [-0.1, -0.05) is 229 Å². The maximum absolute atomic E-state index is 12.9. The van der Waals surface area contributed by atoms with Crippen molar-refractivity contribution in [1.29, 1.82) is 0 Å². The van der Waals surface area contributed by atoms with Crippen molar-refractivity contribution in [3.05, 3.63) is 60.8 Å². The molecular formula is C64H115O11P. The number of phosphoric acid groups is 1. The minimum atomic E-state index is -4.76. The number of unbranched alkanes of at least 4 members (excludes halogenated alkanes) is 31. The van der Waals surface area contributed by atoms with E-state index in [0.29, 0.717) is 19.3 Å². The summed E-state index contributed by atoms with van der Waals surface area (Å²) in [6.07, 6.45) is 64.6. The smallest absolute Gasteiger partial charge is 0.462 e. The van der Waals surface area contributed by atoms with Crippen LogP contribution in [0.3, 0.4) is 0 Å². The monoisotopic (exact) mass is 1090 g/mol. The maximum atomic E-state index is 12.9. The number of aliphatic hydroxyl groups excluding tert-OH is 1. The van der Waals surface area contributed by atoms with Crippen LogP contribution in [0.4, 0.5) is 0 Å². The molecule has 3 atom stereocenters. The lowest BCUT2D eigenvalue weighted by molar-refractivity contribution is -0.161. The molecule has 0 fully saturated rings. The van der Waals surface area contributed by atoms with Crippen LogP contribution in [-0.4, -0.2) is 66.5 Å². The highest BCUT2D eigenvalue weighted by molar-refractivity contribution is 7.47. The summed E-state index contributed by atoms with van der Waals surface area (Å²) in [7, 11) is -4.76. The first-order valence-corrected chi connectivity index (χ1v) is 32.7. The van der Waals surface area contributed by atoms with Gasteiger partial charge in [-0.3, -0.25) is 23.4 Å². The van der Waals surface area contributed by atoms with E-state index in [1.165, 1.54) is 122 Å². The summed E-state index contributed by atoms with van der Waals surface area (Å²) in [5, 5.41) is 9.83. The third-order valence-corrected chi connectivity index (χ3v) is 14.3. The van der Waals surface area contributed by atoms with Gasteiger partial charge in [0.1, 0.15) is 12.7 Å². The van der Waals surface area contributed by atoms with Crippen molar-refractivity contribution in [2.75, 3.05) is 26.4 Å². The number of carbonyl (C=O) groups excluding carboxylic acids is 3. The van der Waals surface area contributed by atoms with E-state index in [9.17, 15) is 28.9 Å². The molecule has 11 nitrogen and oxygen atoms in total. The average Bonchev–Trinajstić information content (AvgIpc) is 3.41. The van der Waals surface area contributed by atoms with Gasteiger partial charge in [-0.15, -0.1) is 0 Å². The normalized spacial score (nSPS) is 13.7. The molecular weight excluding hydrogens is 976 g/mol. The Kier molecular flexibility index (Phi) is 56.2. The van der Waals surface area contributed by atoms with Crippen molar-refractivity contribution in [3.8, 4) is 0 Å².